The third-order valence-corrected chi connectivity index (χ3v) is 4.05. The van der Waals surface area contributed by atoms with Crippen LogP contribution < -0.4 is 15.2 Å². The summed E-state index contributed by atoms with van der Waals surface area (Å²) in [6.45, 7) is 2.28. The Morgan fingerprint density at radius 2 is 1.87 bits per heavy atom. The maximum atomic E-state index is 12.2. The molecule has 2 aromatic rings. The van der Waals surface area contributed by atoms with Gasteiger partial charge in [-0.05, 0) is 31.2 Å². The van der Waals surface area contributed by atoms with Crippen molar-refractivity contribution in [3.8, 4) is 5.75 Å². The summed E-state index contributed by atoms with van der Waals surface area (Å²) in [5, 5.41) is 7.77. The summed E-state index contributed by atoms with van der Waals surface area (Å²) in [5.74, 6) is 0.192. The number of primary sulfonamides is 1. The molecular formula is C16H18N2O4S. The number of rotatable bonds is 6. The number of aryl methyl sites for hydroxylation is 1. The van der Waals surface area contributed by atoms with E-state index in [-0.39, 0.29) is 23.6 Å². The number of nitrogens with one attached hydrogen (secondary N) is 1. The molecule has 3 N–H and O–H groups in total. The molecule has 2 aromatic carbocycles. The lowest BCUT2D eigenvalue weighted by Gasteiger charge is -2.10. The molecular weight excluding hydrogens is 316 g/mol. The first-order chi connectivity index (χ1) is 10.9. The fraction of sp³-hybridized carbons (Fsp3) is 0.188. The summed E-state index contributed by atoms with van der Waals surface area (Å²) in [7, 11) is -3.96. The Morgan fingerprint density at radius 3 is 2.52 bits per heavy atom. The van der Waals surface area contributed by atoms with Crippen LogP contribution in [0.4, 0.5) is 0 Å². The first-order valence-corrected chi connectivity index (χ1v) is 8.52. The van der Waals surface area contributed by atoms with E-state index >= 15 is 0 Å². The molecule has 2 rings (SSSR count). The van der Waals surface area contributed by atoms with E-state index in [0.29, 0.717) is 5.75 Å². The van der Waals surface area contributed by atoms with Gasteiger partial charge in [0, 0.05) is 0 Å². The van der Waals surface area contributed by atoms with Crippen molar-refractivity contribution in [3.63, 3.8) is 0 Å². The van der Waals surface area contributed by atoms with Crippen molar-refractivity contribution >= 4 is 15.9 Å². The molecule has 23 heavy (non-hydrogen) atoms. The molecule has 0 atom stereocenters. The van der Waals surface area contributed by atoms with E-state index in [1.165, 1.54) is 12.1 Å². The number of sulfonamides is 1. The second kappa shape index (κ2) is 7.26. The standard InChI is InChI=1S/C16H18N2O4S/c1-12-7-8-15(23(17,20)21)14(11-12)16(19)18-9-10-22-13-5-3-2-4-6-13/h2-8,11H,9-10H2,1H3,(H,18,19)(H2,17,20,21). The Morgan fingerprint density at radius 1 is 1.17 bits per heavy atom. The third-order valence-electron chi connectivity index (χ3n) is 3.09. The first kappa shape index (κ1) is 17.0. The summed E-state index contributed by atoms with van der Waals surface area (Å²) in [6.07, 6.45) is 0. The minimum atomic E-state index is -3.96. The normalized spacial score (nSPS) is 11.0. The van der Waals surface area contributed by atoms with Gasteiger partial charge in [0.25, 0.3) is 5.91 Å². The molecule has 0 saturated heterocycles. The zero-order valence-electron chi connectivity index (χ0n) is 12.7. The Bertz CT molecular complexity index is 789. The highest BCUT2D eigenvalue weighted by atomic mass is 32.2. The Labute approximate surface area is 135 Å². The molecule has 0 aliphatic heterocycles. The van der Waals surface area contributed by atoms with E-state index in [2.05, 4.69) is 5.32 Å². The van der Waals surface area contributed by atoms with Crippen LogP contribution >= 0.6 is 0 Å². The van der Waals surface area contributed by atoms with Gasteiger partial charge in [-0.25, -0.2) is 13.6 Å². The van der Waals surface area contributed by atoms with Crippen molar-refractivity contribution in [2.24, 2.45) is 5.14 Å². The molecule has 0 spiro atoms. The average Bonchev–Trinajstić information content (AvgIpc) is 2.51. The second-order valence-corrected chi connectivity index (χ2v) is 6.49. The molecule has 1 amide bonds. The van der Waals surface area contributed by atoms with E-state index in [1.54, 1.807) is 13.0 Å². The molecule has 122 valence electrons. The number of carbonyl (C=O) groups is 1. The Balaban J connectivity index is 2.00. The van der Waals surface area contributed by atoms with E-state index in [1.807, 2.05) is 30.3 Å². The lowest BCUT2D eigenvalue weighted by atomic mass is 10.1. The highest BCUT2D eigenvalue weighted by molar-refractivity contribution is 7.89. The average molecular weight is 334 g/mol. The van der Waals surface area contributed by atoms with E-state index < -0.39 is 15.9 Å². The fourth-order valence-corrected chi connectivity index (χ4v) is 2.73. The minimum absolute atomic E-state index is 0.0345. The molecule has 0 unspecified atom stereocenters. The van der Waals surface area contributed by atoms with Crippen LogP contribution in [0.5, 0.6) is 5.75 Å². The topological polar surface area (TPSA) is 98.5 Å². The molecule has 6 nitrogen and oxygen atoms in total. The van der Waals surface area contributed by atoms with Gasteiger partial charge >= 0.3 is 0 Å². The molecule has 0 aliphatic rings. The van der Waals surface area contributed by atoms with Gasteiger partial charge in [-0.2, -0.15) is 0 Å². The van der Waals surface area contributed by atoms with Crippen molar-refractivity contribution in [1.29, 1.82) is 0 Å². The number of benzene rings is 2. The van der Waals surface area contributed by atoms with Crippen LogP contribution in [0.2, 0.25) is 0 Å². The molecule has 7 heteroatoms. The largest absolute Gasteiger partial charge is 0.492 e. The smallest absolute Gasteiger partial charge is 0.252 e. The summed E-state index contributed by atoms with van der Waals surface area (Å²) in [6, 6.07) is 13.6. The maximum Gasteiger partial charge on any atom is 0.252 e. The van der Waals surface area contributed by atoms with E-state index in [4.69, 9.17) is 9.88 Å². The van der Waals surface area contributed by atoms with Crippen LogP contribution in [-0.4, -0.2) is 27.5 Å². The van der Waals surface area contributed by atoms with Crippen LogP contribution in [0.25, 0.3) is 0 Å². The van der Waals surface area contributed by atoms with Crippen LogP contribution in [0.1, 0.15) is 15.9 Å². The summed E-state index contributed by atoms with van der Waals surface area (Å²) >= 11 is 0. The summed E-state index contributed by atoms with van der Waals surface area (Å²) < 4.78 is 28.6. The van der Waals surface area contributed by atoms with Crippen LogP contribution in [0, 0.1) is 6.92 Å². The van der Waals surface area contributed by atoms with Crippen molar-refractivity contribution in [1.82, 2.24) is 5.32 Å². The quantitative estimate of drug-likeness (QED) is 0.781. The number of hydrogen-bond donors (Lipinski definition) is 2. The van der Waals surface area contributed by atoms with E-state index in [0.717, 1.165) is 5.56 Å². The first-order valence-electron chi connectivity index (χ1n) is 6.97. The predicted octanol–water partition coefficient (Wildman–Crippen LogP) is 1.45. The number of nitrogens with two attached hydrogens (primary N) is 1. The molecule has 0 heterocycles. The van der Waals surface area contributed by atoms with Crippen LogP contribution in [0.15, 0.2) is 53.4 Å². The third kappa shape index (κ3) is 4.80. The van der Waals surface area contributed by atoms with Gasteiger partial charge in [-0.15, -0.1) is 0 Å². The minimum Gasteiger partial charge on any atom is -0.492 e. The lowest BCUT2D eigenvalue weighted by Crippen LogP contribution is -2.30. The monoisotopic (exact) mass is 334 g/mol. The lowest BCUT2D eigenvalue weighted by molar-refractivity contribution is 0.0943. The highest BCUT2D eigenvalue weighted by Crippen LogP contribution is 2.16. The Hall–Kier alpha value is -2.38. The number of carbonyl (C=O) groups excluding carboxylic acids is 1. The fourth-order valence-electron chi connectivity index (χ4n) is 2.01. The Kier molecular flexibility index (Phi) is 5.36. The van der Waals surface area contributed by atoms with Gasteiger partial charge in [0.1, 0.15) is 12.4 Å². The number of amides is 1. The van der Waals surface area contributed by atoms with Gasteiger partial charge in [0.2, 0.25) is 10.0 Å². The van der Waals surface area contributed by atoms with Gasteiger partial charge in [-0.3, -0.25) is 4.79 Å². The second-order valence-electron chi connectivity index (χ2n) is 4.96. The zero-order chi connectivity index (χ0) is 16.9. The number of para-hydroxylation sites is 1. The van der Waals surface area contributed by atoms with Crippen molar-refractivity contribution in [2.45, 2.75) is 11.8 Å². The maximum absolute atomic E-state index is 12.2. The molecule has 0 radical (unpaired) electrons. The number of ether oxygens (including phenoxy) is 1. The molecule has 0 saturated carbocycles. The van der Waals surface area contributed by atoms with E-state index in [9.17, 15) is 13.2 Å². The molecule has 0 aliphatic carbocycles. The SMILES string of the molecule is Cc1ccc(S(N)(=O)=O)c(C(=O)NCCOc2ccccc2)c1. The number of hydrogen-bond acceptors (Lipinski definition) is 4. The van der Waals surface area contributed by atoms with Gasteiger partial charge in [0.05, 0.1) is 17.0 Å². The molecule has 0 fully saturated rings. The van der Waals surface area contributed by atoms with Crippen molar-refractivity contribution in [2.75, 3.05) is 13.2 Å². The van der Waals surface area contributed by atoms with Gasteiger partial charge in [-0.1, -0.05) is 29.8 Å². The summed E-state index contributed by atoms with van der Waals surface area (Å²) in [4.78, 5) is 12.0. The molecule has 0 aromatic heterocycles. The molecule has 0 bridgehead atoms. The van der Waals surface area contributed by atoms with Gasteiger partial charge < -0.3 is 10.1 Å². The van der Waals surface area contributed by atoms with Gasteiger partial charge in [0.15, 0.2) is 0 Å². The van der Waals surface area contributed by atoms with Crippen molar-refractivity contribution in [3.05, 3.63) is 59.7 Å². The predicted molar refractivity (Wildman–Crippen MR) is 86.8 cm³/mol. The zero-order valence-corrected chi connectivity index (χ0v) is 13.5. The highest BCUT2D eigenvalue weighted by Gasteiger charge is 2.19. The summed E-state index contributed by atoms with van der Waals surface area (Å²) in [5.41, 5.74) is 0.801. The van der Waals surface area contributed by atoms with Crippen LogP contribution in [0.3, 0.4) is 0 Å². The van der Waals surface area contributed by atoms with Crippen LogP contribution in [-0.2, 0) is 10.0 Å². The van der Waals surface area contributed by atoms with Crippen molar-refractivity contribution < 1.29 is 17.9 Å².